The van der Waals surface area contributed by atoms with Crippen molar-refractivity contribution < 1.29 is 9.53 Å². The van der Waals surface area contributed by atoms with Gasteiger partial charge in [-0.25, -0.2) is 0 Å². The Morgan fingerprint density at radius 2 is 1.75 bits per heavy atom. The number of methoxy groups -OCH3 is 1. The van der Waals surface area contributed by atoms with E-state index in [9.17, 15) is 10.1 Å². The largest absolute Gasteiger partial charge is 0.497 e. The van der Waals surface area contributed by atoms with Crippen LogP contribution in [0.1, 0.15) is 42.9 Å². The van der Waals surface area contributed by atoms with Crippen LogP contribution in [-0.4, -0.2) is 24.5 Å². The number of carbonyl (C=O) groups is 1. The van der Waals surface area contributed by atoms with Gasteiger partial charge in [0.2, 0.25) is 5.91 Å². The molecule has 0 saturated heterocycles. The van der Waals surface area contributed by atoms with E-state index >= 15 is 0 Å². The van der Waals surface area contributed by atoms with Crippen LogP contribution in [0.3, 0.4) is 0 Å². The fourth-order valence-electron chi connectivity index (χ4n) is 3.92. The molecule has 0 N–H and O–H groups in total. The molecule has 0 spiro atoms. The highest BCUT2D eigenvalue weighted by molar-refractivity contribution is 5.96. The first-order valence-electron chi connectivity index (χ1n) is 9.66. The van der Waals surface area contributed by atoms with Crippen LogP contribution in [0.2, 0.25) is 0 Å². The Labute approximate surface area is 167 Å². The molecule has 0 aliphatic carbocycles. The van der Waals surface area contributed by atoms with Crippen molar-refractivity contribution in [3.63, 3.8) is 0 Å². The molecule has 2 atom stereocenters. The molecule has 4 nitrogen and oxygen atoms in total. The van der Waals surface area contributed by atoms with Gasteiger partial charge >= 0.3 is 0 Å². The van der Waals surface area contributed by atoms with Gasteiger partial charge in [-0.1, -0.05) is 55.0 Å². The molecule has 2 aromatic carbocycles. The monoisotopic (exact) mass is 374 g/mol. The minimum Gasteiger partial charge on any atom is -0.497 e. The lowest BCUT2D eigenvalue weighted by Gasteiger charge is -2.42. The number of allylic oxidation sites excluding steroid dienone is 1. The molecule has 1 heterocycles. The van der Waals surface area contributed by atoms with Crippen LogP contribution < -0.4 is 4.74 Å². The highest BCUT2D eigenvalue weighted by Gasteiger charge is 2.50. The molecule has 4 heteroatoms. The lowest BCUT2D eigenvalue weighted by molar-refractivity contribution is -0.137. The van der Waals surface area contributed by atoms with E-state index in [1.807, 2.05) is 69.3 Å². The maximum Gasteiger partial charge on any atom is 0.248 e. The van der Waals surface area contributed by atoms with Gasteiger partial charge in [0.1, 0.15) is 11.2 Å². The molecule has 1 aliphatic heterocycles. The predicted octanol–water partition coefficient (Wildman–Crippen LogP) is 4.91. The van der Waals surface area contributed by atoms with Gasteiger partial charge in [0.15, 0.2) is 0 Å². The number of hydrogen-bond acceptors (Lipinski definition) is 3. The van der Waals surface area contributed by atoms with Crippen LogP contribution in [0.15, 0.2) is 54.6 Å². The summed E-state index contributed by atoms with van der Waals surface area (Å²) in [4.78, 5) is 15.3. The second kappa shape index (κ2) is 7.90. The third kappa shape index (κ3) is 3.18. The molecule has 2 unspecified atom stereocenters. The summed E-state index contributed by atoms with van der Waals surface area (Å²) in [7, 11) is 1.62. The fourth-order valence-corrected chi connectivity index (χ4v) is 3.92. The van der Waals surface area contributed by atoms with Gasteiger partial charge in [-0.15, -0.1) is 0 Å². The van der Waals surface area contributed by atoms with Crippen LogP contribution in [0, 0.1) is 23.7 Å². The first-order valence-corrected chi connectivity index (χ1v) is 9.66. The van der Waals surface area contributed by atoms with Crippen molar-refractivity contribution in [1.29, 1.82) is 5.26 Å². The van der Waals surface area contributed by atoms with Crippen molar-refractivity contribution in [2.45, 2.75) is 33.1 Å². The minimum atomic E-state index is -1.11. The molecule has 0 fully saturated rings. The van der Waals surface area contributed by atoms with E-state index in [2.05, 4.69) is 12.1 Å². The minimum absolute atomic E-state index is 0.126. The number of amides is 1. The number of benzene rings is 2. The number of carbonyl (C=O) groups excluding carboxylic acids is 1. The first kappa shape index (κ1) is 19.7. The summed E-state index contributed by atoms with van der Waals surface area (Å²) in [6, 6.07) is 18.2. The molecular formula is C24H26N2O2. The van der Waals surface area contributed by atoms with Crippen molar-refractivity contribution in [2.75, 3.05) is 13.7 Å². The Bertz CT molecular complexity index is 923. The molecule has 1 amide bonds. The zero-order valence-electron chi connectivity index (χ0n) is 16.9. The van der Waals surface area contributed by atoms with Crippen LogP contribution in [0.5, 0.6) is 5.75 Å². The van der Waals surface area contributed by atoms with Crippen molar-refractivity contribution in [3.8, 4) is 11.8 Å². The zero-order valence-corrected chi connectivity index (χ0v) is 16.9. The average Bonchev–Trinajstić information content (AvgIpc) is 2.74. The topological polar surface area (TPSA) is 53.3 Å². The SMILES string of the molecule is CCN1C(=O)C(C#N)(CC)C(c2ccc(OC)cc2)C=C1c1ccc(C)cc1. The van der Waals surface area contributed by atoms with Gasteiger partial charge in [0.25, 0.3) is 0 Å². The van der Waals surface area contributed by atoms with Crippen LogP contribution >= 0.6 is 0 Å². The van der Waals surface area contributed by atoms with Gasteiger partial charge < -0.3 is 9.64 Å². The zero-order chi connectivity index (χ0) is 20.3. The van der Waals surface area contributed by atoms with Gasteiger partial charge in [-0.2, -0.15) is 5.26 Å². The summed E-state index contributed by atoms with van der Waals surface area (Å²) in [6.45, 7) is 6.43. The van der Waals surface area contributed by atoms with E-state index in [4.69, 9.17) is 4.74 Å². The standard InChI is InChI=1S/C24H26N2O2/c1-5-24(16-25)21(18-11-13-20(28-4)14-12-18)15-22(26(6-2)23(24)27)19-9-7-17(3)8-10-19/h7-15,21H,5-6H2,1-4H3. The number of rotatable bonds is 5. The molecule has 1 aliphatic rings. The quantitative estimate of drug-likeness (QED) is 0.747. The van der Waals surface area contributed by atoms with E-state index in [0.29, 0.717) is 13.0 Å². The number of nitriles is 1. The molecule has 0 bridgehead atoms. The second-order valence-electron chi connectivity index (χ2n) is 7.15. The predicted molar refractivity (Wildman–Crippen MR) is 111 cm³/mol. The molecule has 144 valence electrons. The smallest absolute Gasteiger partial charge is 0.248 e. The van der Waals surface area contributed by atoms with Crippen LogP contribution in [-0.2, 0) is 4.79 Å². The third-order valence-corrected chi connectivity index (χ3v) is 5.67. The highest BCUT2D eigenvalue weighted by Crippen LogP contribution is 2.47. The van der Waals surface area contributed by atoms with Gasteiger partial charge in [0.05, 0.1) is 13.2 Å². The Morgan fingerprint density at radius 3 is 2.25 bits per heavy atom. The molecule has 0 saturated carbocycles. The van der Waals surface area contributed by atoms with Gasteiger partial charge in [-0.3, -0.25) is 4.79 Å². The second-order valence-corrected chi connectivity index (χ2v) is 7.15. The summed E-state index contributed by atoms with van der Waals surface area (Å²) >= 11 is 0. The molecule has 2 aromatic rings. The first-order chi connectivity index (χ1) is 13.5. The molecule has 0 radical (unpaired) electrons. The summed E-state index contributed by atoms with van der Waals surface area (Å²) < 4.78 is 5.26. The van der Waals surface area contributed by atoms with E-state index in [0.717, 1.165) is 22.6 Å². The molecular weight excluding hydrogens is 348 g/mol. The molecule has 3 rings (SSSR count). The summed E-state index contributed by atoms with van der Waals surface area (Å²) in [6.07, 6.45) is 2.54. The van der Waals surface area contributed by atoms with Gasteiger partial charge in [-0.05, 0) is 43.5 Å². The maximum absolute atomic E-state index is 13.5. The van der Waals surface area contributed by atoms with E-state index < -0.39 is 5.41 Å². The lowest BCUT2D eigenvalue weighted by Crippen LogP contribution is -2.48. The van der Waals surface area contributed by atoms with Crippen LogP contribution in [0.4, 0.5) is 0 Å². The van der Waals surface area contributed by atoms with Gasteiger partial charge in [0, 0.05) is 18.2 Å². The lowest BCUT2D eigenvalue weighted by atomic mass is 9.67. The fraction of sp³-hybridized carbons (Fsp3) is 0.333. The molecule has 0 aromatic heterocycles. The molecule has 28 heavy (non-hydrogen) atoms. The van der Waals surface area contributed by atoms with E-state index in [1.54, 1.807) is 12.0 Å². The Hall–Kier alpha value is -3.06. The number of hydrogen-bond donors (Lipinski definition) is 0. The number of aryl methyl sites for hydroxylation is 1. The van der Waals surface area contributed by atoms with Crippen molar-refractivity contribution >= 4 is 11.6 Å². The normalized spacial score (nSPS) is 21.8. The van der Waals surface area contributed by atoms with Crippen molar-refractivity contribution in [1.82, 2.24) is 4.90 Å². The maximum atomic E-state index is 13.5. The highest BCUT2D eigenvalue weighted by atomic mass is 16.5. The van der Waals surface area contributed by atoms with Crippen LogP contribution in [0.25, 0.3) is 5.70 Å². The number of ether oxygens (including phenoxy) is 1. The van der Waals surface area contributed by atoms with E-state index in [1.165, 1.54) is 5.56 Å². The van der Waals surface area contributed by atoms with E-state index in [-0.39, 0.29) is 11.8 Å². The third-order valence-electron chi connectivity index (χ3n) is 5.67. The number of nitrogens with zero attached hydrogens (tertiary/aromatic N) is 2. The summed E-state index contributed by atoms with van der Waals surface area (Å²) in [5.74, 6) is 0.307. The Kier molecular flexibility index (Phi) is 5.56. The Morgan fingerprint density at radius 1 is 1.11 bits per heavy atom. The average molecular weight is 374 g/mol. The Balaban J connectivity index is 2.21. The van der Waals surface area contributed by atoms with Crippen molar-refractivity contribution in [3.05, 3.63) is 71.3 Å². The summed E-state index contributed by atoms with van der Waals surface area (Å²) in [5.41, 5.74) is 2.85. The van der Waals surface area contributed by atoms with Crippen molar-refractivity contribution in [2.24, 2.45) is 5.41 Å². The summed E-state index contributed by atoms with van der Waals surface area (Å²) in [5, 5.41) is 10.1.